The topological polar surface area (TPSA) is 56.0 Å². The van der Waals surface area contributed by atoms with Crippen molar-refractivity contribution in [2.75, 3.05) is 7.11 Å². The molecule has 3 aromatic heterocycles. The molecular weight excluding hydrogens is 262 g/mol. The van der Waals surface area contributed by atoms with Gasteiger partial charge in [0.05, 0.1) is 18.9 Å². The van der Waals surface area contributed by atoms with Crippen molar-refractivity contribution < 1.29 is 9.15 Å². The van der Waals surface area contributed by atoms with Crippen LogP contribution in [0.4, 0.5) is 0 Å². The summed E-state index contributed by atoms with van der Waals surface area (Å²) < 4.78 is 13.1. The smallest absolute Gasteiger partial charge is 0.215 e. The lowest BCUT2D eigenvalue weighted by atomic mass is 10.3. The highest BCUT2D eigenvalue weighted by Gasteiger charge is 2.08. The van der Waals surface area contributed by atoms with E-state index in [2.05, 4.69) is 9.97 Å². The Morgan fingerprint density at radius 3 is 3.05 bits per heavy atom. The summed E-state index contributed by atoms with van der Waals surface area (Å²) in [4.78, 5) is 7.56. The minimum absolute atomic E-state index is 0.577. The summed E-state index contributed by atoms with van der Waals surface area (Å²) in [5, 5.41) is 0. The maximum Gasteiger partial charge on any atom is 0.215 e. The highest BCUT2D eigenvalue weighted by Crippen LogP contribution is 2.17. The molecule has 0 amide bonds. The molecule has 19 heavy (non-hydrogen) atoms. The molecule has 0 aliphatic rings. The molecule has 0 aliphatic heterocycles. The molecule has 3 heterocycles. The number of aromatic amines is 1. The predicted molar refractivity (Wildman–Crippen MR) is 73.9 cm³/mol. The van der Waals surface area contributed by atoms with Gasteiger partial charge in [-0.05, 0) is 30.4 Å². The van der Waals surface area contributed by atoms with Gasteiger partial charge in [0.2, 0.25) is 5.88 Å². The Bertz CT molecular complexity index is 743. The average Bonchev–Trinajstić information content (AvgIpc) is 3.03. The number of nitrogens with one attached hydrogen (secondary N) is 1. The minimum Gasteiger partial charge on any atom is -0.481 e. The second kappa shape index (κ2) is 4.89. The Morgan fingerprint density at radius 2 is 2.32 bits per heavy atom. The molecule has 0 unspecified atom stereocenters. The van der Waals surface area contributed by atoms with Crippen LogP contribution in [-0.4, -0.2) is 21.6 Å². The summed E-state index contributed by atoms with van der Waals surface area (Å²) in [7, 11) is 1.60. The van der Waals surface area contributed by atoms with Gasteiger partial charge >= 0.3 is 0 Å². The number of aryl methyl sites for hydroxylation is 2. The fraction of sp³-hybridized carbons (Fsp3) is 0.231. The molecule has 0 radical (unpaired) electrons. The van der Waals surface area contributed by atoms with E-state index in [0.29, 0.717) is 17.2 Å². The van der Waals surface area contributed by atoms with E-state index >= 15 is 0 Å². The number of aromatic nitrogens is 3. The van der Waals surface area contributed by atoms with Crippen LogP contribution in [0.5, 0.6) is 5.88 Å². The van der Waals surface area contributed by atoms with E-state index in [1.165, 1.54) is 0 Å². The van der Waals surface area contributed by atoms with E-state index in [-0.39, 0.29) is 0 Å². The number of nitrogens with zero attached hydrogens (tertiary/aromatic N) is 2. The van der Waals surface area contributed by atoms with E-state index < -0.39 is 0 Å². The van der Waals surface area contributed by atoms with Crippen LogP contribution in [0.3, 0.4) is 0 Å². The van der Waals surface area contributed by atoms with Gasteiger partial charge in [-0.1, -0.05) is 0 Å². The van der Waals surface area contributed by atoms with Crippen molar-refractivity contribution in [1.82, 2.24) is 14.5 Å². The Morgan fingerprint density at radius 1 is 1.42 bits per heavy atom. The van der Waals surface area contributed by atoms with Gasteiger partial charge in [0.15, 0.2) is 10.4 Å². The van der Waals surface area contributed by atoms with Crippen molar-refractivity contribution in [2.45, 2.75) is 13.0 Å². The molecule has 0 spiro atoms. The number of ether oxygens (including phenoxy) is 1. The molecule has 0 saturated heterocycles. The lowest BCUT2D eigenvalue weighted by Gasteiger charge is -2.03. The van der Waals surface area contributed by atoms with Crippen molar-refractivity contribution in [2.24, 2.45) is 0 Å². The Balaban J connectivity index is 1.97. The van der Waals surface area contributed by atoms with E-state index in [1.54, 1.807) is 13.4 Å². The first-order chi connectivity index (χ1) is 9.28. The fourth-order valence-electron chi connectivity index (χ4n) is 2.01. The normalized spacial score (nSPS) is 11.0. The Kier molecular flexibility index (Phi) is 3.08. The van der Waals surface area contributed by atoms with E-state index in [9.17, 15) is 0 Å². The molecular formula is C13H13N3O2S. The highest BCUT2D eigenvalue weighted by atomic mass is 32.1. The maximum atomic E-state index is 5.33. The third-order valence-corrected chi connectivity index (χ3v) is 3.29. The third kappa shape index (κ3) is 2.26. The minimum atomic E-state index is 0.577. The lowest BCUT2D eigenvalue weighted by Crippen LogP contribution is -2.02. The van der Waals surface area contributed by atoms with Crippen LogP contribution < -0.4 is 4.74 Å². The zero-order valence-corrected chi connectivity index (χ0v) is 11.2. The summed E-state index contributed by atoms with van der Waals surface area (Å²) in [6.07, 6.45) is 2.44. The highest BCUT2D eigenvalue weighted by molar-refractivity contribution is 7.71. The van der Waals surface area contributed by atoms with Crippen LogP contribution in [0.1, 0.15) is 5.76 Å². The second-order valence-electron chi connectivity index (χ2n) is 4.14. The van der Waals surface area contributed by atoms with Crippen LogP contribution >= 0.6 is 12.2 Å². The Hall–Kier alpha value is -2.08. The van der Waals surface area contributed by atoms with Gasteiger partial charge in [0, 0.05) is 19.0 Å². The number of imidazole rings is 1. The number of pyridine rings is 1. The number of H-pyrrole nitrogens is 1. The zero-order valence-electron chi connectivity index (χ0n) is 10.4. The molecule has 0 fully saturated rings. The lowest BCUT2D eigenvalue weighted by molar-refractivity contribution is 0.399. The average molecular weight is 275 g/mol. The summed E-state index contributed by atoms with van der Waals surface area (Å²) >= 11 is 5.32. The van der Waals surface area contributed by atoms with E-state index in [0.717, 1.165) is 23.3 Å². The van der Waals surface area contributed by atoms with Gasteiger partial charge in [-0.25, -0.2) is 0 Å². The molecule has 3 rings (SSSR count). The monoisotopic (exact) mass is 275 g/mol. The molecule has 0 aliphatic carbocycles. The zero-order chi connectivity index (χ0) is 13.2. The van der Waals surface area contributed by atoms with E-state index in [1.807, 2.05) is 28.8 Å². The third-order valence-electron chi connectivity index (χ3n) is 2.96. The summed E-state index contributed by atoms with van der Waals surface area (Å²) in [6, 6.07) is 7.56. The van der Waals surface area contributed by atoms with Crippen molar-refractivity contribution in [3.05, 3.63) is 41.1 Å². The molecule has 0 saturated carbocycles. The first-order valence-corrected chi connectivity index (χ1v) is 6.34. The van der Waals surface area contributed by atoms with Crippen molar-refractivity contribution in [1.29, 1.82) is 0 Å². The SMILES string of the molecule is COc1ccc2[nH]c(=S)n(CCc3ccco3)c2n1. The summed E-state index contributed by atoms with van der Waals surface area (Å²) in [6.45, 7) is 0.715. The molecule has 6 heteroatoms. The number of methoxy groups -OCH3 is 1. The van der Waals surface area contributed by atoms with Crippen molar-refractivity contribution in [3.8, 4) is 5.88 Å². The van der Waals surface area contributed by atoms with Crippen molar-refractivity contribution in [3.63, 3.8) is 0 Å². The molecule has 0 atom stereocenters. The first kappa shape index (κ1) is 12.0. The van der Waals surface area contributed by atoms with Gasteiger partial charge in [-0.3, -0.25) is 0 Å². The number of hydrogen-bond donors (Lipinski definition) is 1. The van der Waals surface area contributed by atoms with Crippen LogP contribution in [-0.2, 0) is 13.0 Å². The molecule has 0 aromatic carbocycles. The largest absolute Gasteiger partial charge is 0.481 e. The number of rotatable bonds is 4. The second-order valence-corrected chi connectivity index (χ2v) is 4.52. The molecule has 1 N–H and O–H groups in total. The van der Waals surface area contributed by atoms with Crippen LogP contribution in [0, 0.1) is 4.77 Å². The molecule has 0 bridgehead atoms. The summed E-state index contributed by atoms with van der Waals surface area (Å²) in [5.41, 5.74) is 1.71. The predicted octanol–water partition coefficient (Wildman–Crippen LogP) is 2.94. The van der Waals surface area contributed by atoms with Gasteiger partial charge in [0.25, 0.3) is 0 Å². The number of hydrogen-bond acceptors (Lipinski definition) is 4. The van der Waals surface area contributed by atoms with Gasteiger partial charge in [-0.15, -0.1) is 0 Å². The van der Waals surface area contributed by atoms with Crippen LogP contribution in [0.25, 0.3) is 11.2 Å². The Labute approximate surface area is 114 Å². The van der Waals surface area contributed by atoms with Crippen LogP contribution in [0.15, 0.2) is 34.9 Å². The fourth-order valence-corrected chi connectivity index (χ4v) is 2.30. The summed E-state index contributed by atoms with van der Waals surface area (Å²) in [5.74, 6) is 1.51. The van der Waals surface area contributed by atoms with Crippen LogP contribution in [0.2, 0.25) is 0 Å². The molecule has 98 valence electrons. The standard InChI is InChI=1S/C13H13N3O2S/c1-17-11-5-4-10-12(15-11)16(13(19)14-10)7-6-9-3-2-8-18-9/h2-5,8H,6-7H2,1H3,(H,14,19). The van der Waals surface area contributed by atoms with Gasteiger partial charge in [0.1, 0.15) is 5.76 Å². The molecule has 5 nitrogen and oxygen atoms in total. The number of fused-ring (bicyclic) bond motifs is 1. The maximum absolute atomic E-state index is 5.33. The van der Waals surface area contributed by atoms with Gasteiger partial charge < -0.3 is 18.7 Å². The van der Waals surface area contributed by atoms with E-state index in [4.69, 9.17) is 21.4 Å². The van der Waals surface area contributed by atoms with Gasteiger partial charge in [-0.2, -0.15) is 4.98 Å². The number of furan rings is 1. The quantitative estimate of drug-likeness (QED) is 0.744. The van der Waals surface area contributed by atoms with Crippen molar-refractivity contribution >= 4 is 23.4 Å². The first-order valence-electron chi connectivity index (χ1n) is 5.94. The molecule has 3 aromatic rings.